The molecule has 0 bridgehead atoms. The molecule has 2 N–H and O–H groups in total. The molecule has 1 atom stereocenters. The van der Waals surface area contributed by atoms with Gasteiger partial charge in [0.2, 0.25) is 5.91 Å². The third kappa shape index (κ3) is 7.25. The number of halogens is 3. The number of benzene rings is 1. The molecular formula is C13H19ClF2N2O2. The van der Waals surface area contributed by atoms with Crippen LogP contribution >= 0.6 is 12.4 Å². The molecule has 0 aliphatic carbocycles. The molecule has 1 aromatic carbocycles. The topological polar surface area (TPSA) is 50.4 Å². The van der Waals surface area contributed by atoms with Gasteiger partial charge in [0.25, 0.3) is 0 Å². The number of nitrogens with one attached hydrogen (secondary N) is 2. The van der Waals surface area contributed by atoms with Crippen LogP contribution in [0.5, 0.6) is 5.75 Å². The van der Waals surface area contributed by atoms with Gasteiger partial charge in [-0.3, -0.25) is 4.79 Å². The summed E-state index contributed by atoms with van der Waals surface area (Å²) in [5.41, 5.74) is 0.632. The molecule has 0 spiro atoms. The van der Waals surface area contributed by atoms with Crippen molar-refractivity contribution in [1.29, 1.82) is 0 Å². The quantitative estimate of drug-likeness (QED) is 0.810. The predicted molar refractivity (Wildman–Crippen MR) is 75.6 cm³/mol. The van der Waals surface area contributed by atoms with Gasteiger partial charge in [-0.25, -0.2) is 0 Å². The minimum absolute atomic E-state index is 0. The summed E-state index contributed by atoms with van der Waals surface area (Å²) in [5.74, 6) is -0.0970. The molecule has 0 saturated heterocycles. The van der Waals surface area contributed by atoms with Gasteiger partial charge in [0, 0.05) is 12.6 Å². The number of ether oxygens (including phenoxy) is 1. The molecular weight excluding hydrogens is 290 g/mol. The maximum atomic E-state index is 12.1. The predicted octanol–water partition coefficient (Wildman–Crippen LogP) is 1.98. The van der Waals surface area contributed by atoms with Crippen LogP contribution in [-0.4, -0.2) is 32.2 Å². The number of carbonyl (C=O) groups is 1. The summed E-state index contributed by atoms with van der Waals surface area (Å²) in [6.45, 7) is -0.402. The molecule has 7 heteroatoms. The Hall–Kier alpha value is -1.40. The van der Waals surface area contributed by atoms with Crippen molar-refractivity contribution in [3.05, 3.63) is 29.8 Å². The number of alkyl halides is 2. The highest BCUT2D eigenvalue weighted by atomic mass is 35.5. The lowest BCUT2D eigenvalue weighted by molar-refractivity contribution is -0.120. The first kappa shape index (κ1) is 18.6. The molecule has 0 radical (unpaired) electrons. The van der Waals surface area contributed by atoms with Crippen LogP contribution in [0, 0.1) is 0 Å². The van der Waals surface area contributed by atoms with E-state index in [9.17, 15) is 13.6 Å². The van der Waals surface area contributed by atoms with Gasteiger partial charge in [0.15, 0.2) is 0 Å². The third-order valence-electron chi connectivity index (χ3n) is 2.59. The Morgan fingerprint density at radius 1 is 1.40 bits per heavy atom. The molecule has 0 fully saturated rings. The molecule has 4 nitrogen and oxygen atoms in total. The van der Waals surface area contributed by atoms with Gasteiger partial charge in [-0.05, 0) is 31.7 Å². The van der Waals surface area contributed by atoms with Crippen molar-refractivity contribution in [3.63, 3.8) is 0 Å². The van der Waals surface area contributed by atoms with E-state index in [0.29, 0.717) is 12.1 Å². The van der Waals surface area contributed by atoms with Crippen molar-refractivity contribution in [1.82, 2.24) is 10.6 Å². The summed E-state index contributed by atoms with van der Waals surface area (Å²) < 4.78 is 28.4. The van der Waals surface area contributed by atoms with Crippen LogP contribution in [0.1, 0.15) is 12.5 Å². The second kappa shape index (κ2) is 9.50. The van der Waals surface area contributed by atoms with Crippen LogP contribution in [0.25, 0.3) is 0 Å². The first-order valence-corrected chi connectivity index (χ1v) is 5.99. The van der Waals surface area contributed by atoms with E-state index < -0.39 is 6.61 Å². The van der Waals surface area contributed by atoms with Crippen LogP contribution in [-0.2, 0) is 11.2 Å². The highest BCUT2D eigenvalue weighted by molar-refractivity contribution is 5.85. The van der Waals surface area contributed by atoms with E-state index in [1.54, 1.807) is 12.1 Å². The minimum atomic E-state index is -2.86. The highest BCUT2D eigenvalue weighted by Crippen LogP contribution is 2.16. The summed E-state index contributed by atoms with van der Waals surface area (Å²) in [7, 11) is 1.81. The van der Waals surface area contributed by atoms with E-state index in [0.717, 1.165) is 0 Å². The fourth-order valence-corrected chi connectivity index (χ4v) is 1.45. The van der Waals surface area contributed by atoms with Gasteiger partial charge in [0.05, 0.1) is 6.42 Å². The molecule has 0 aliphatic heterocycles. The number of amides is 1. The van der Waals surface area contributed by atoms with Gasteiger partial charge in [0.1, 0.15) is 5.75 Å². The van der Waals surface area contributed by atoms with E-state index in [1.807, 2.05) is 14.0 Å². The summed E-state index contributed by atoms with van der Waals surface area (Å²) in [6, 6.07) is 6.32. The Labute approximate surface area is 123 Å². The summed E-state index contributed by atoms with van der Waals surface area (Å²) >= 11 is 0. The van der Waals surface area contributed by atoms with E-state index in [-0.39, 0.29) is 36.5 Å². The minimum Gasteiger partial charge on any atom is -0.435 e. The van der Waals surface area contributed by atoms with Crippen molar-refractivity contribution in [2.75, 3.05) is 13.6 Å². The number of carbonyl (C=O) groups excluding carboxylic acids is 1. The zero-order valence-electron chi connectivity index (χ0n) is 11.4. The van der Waals surface area contributed by atoms with Gasteiger partial charge < -0.3 is 15.4 Å². The molecule has 1 aromatic rings. The first-order valence-electron chi connectivity index (χ1n) is 5.99. The van der Waals surface area contributed by atoms with Crippen molar-refractivity contribution in [2.24, 2.45) is 0 Å². The van der Waals surface area contributed by atoms with Crippen LogP contribution in [0.4, 0.5) is 8.78 Å². The second-order valence-electron chi connectivity index (χ2n) is 4.20. The number of rotatable bonds is 7. The van der Waals surface area contributed by atoms with Crippen LogP contribution in [0.15, 0.2) is 24.3 Å². The largest absolute Gasteiger partial charge is 0.435 e. The zero-order chi connectivity index (χ0) is 14.3. The SMILES string of the molecule is CNC(C)CNC(=O)Cc1cccc(OC(F)F)c1.Cl. The highest BCUT2D eigenvalue weighted by Gasteiger charge is 2.08. The normalized spacial score (nSPS) is 11.7. The molecule has 1 rings (SSSR count). The lowest BCUT2D eigenvalue weighted by Gasteiger charge is -2.11. The average molecular weight is 309 g/mol. The van der Waals surface area contributed by atoms with Gasteiger partial charge in [-0.15, -0.1) is 12.4 Å². The Bertz CT molecular complexity index is 419. The van der Waals surface area contributed by atoms with E-state index in [2.05, 4.69) is 15.4 Å². The molecule has 1 unspecified atom stereocenters. The number of likely N-dealkylation sites (N-methyl/N-ethyl adjacent to an activating group) is 1. The first-order chi connectivity index (χ1) is 9.01. The van der Waals surface area contributed by atoms with Crippen molar-refractivity contribution < 1.29 is 18.3 Å². The van der Waals surface area contributed by atoms with Crippen molar-refractivity contribution in [3.8, 4) is 5.75 Å². The van der Waals surface area contributed by atoms with Crippen molar-refractivity contribution in [2.45, 2.75) is 26.0 Å². The summed E-state index contributed by atoms with van der Waals surface area (Å²) in [5, 5.41) is 5.75. The van der Waals surface area contributed by atoms with Gasteiger partial charge in [-0.1, -0.05) is 12.1 Å². The van der Waals surface area contributed by atoms with E-state index in [4.69, 9.17) is 0 Å². The van der Waals surface area contributed by atoms with E-state index >= 15 is 0 Å². The Morgan fingerprint density at radius 2 is 2.10 bits per heavy atom. The average Bonchev–Trinajstić information content (AvgIpc) is 2.35. The maximum Gasteiger partial charge on any atom is 0.387 e. The van der Waals surface area contributed by atoms with Gasteiger partial charge in [-0.2, -0.15) is 8.78 Å². The second-order valence-corrected chi connectivity index (χ2v) is 4.20. The van der Waals surface area contributed by atoms with Gasteiger partial charge >= 0.3 is 6.61 Å². The molecule has 20 heavy (non-hydrogen) atoms. The van der Waals surface area contributed by atoms with Crippen LogP contribution in [0.3, 0.4) is 0 Å². The number of hydrogen-bond acceptors (Lipinski definition) is 3. The Balaban J connectivity index is 0.00000361. The van der Waals surface area contributed by atoms with Crippen LogP contribution in [0.2, 0.25) is 0 Å². The van der Waals surface area contributed by atoms with Crippen molar-refractivity contribution >= 4 is 18.3 Å². The molecule has 0 saturated carbocycles. The molecule has 114 valence electrons. The van der Waals surface area contributed by atoms with E-state index in [1.165, 1.54) is 12.1 Å². The van der Waals surface area contributed by atoms with Crippen LogP contribution < -0.4 is 15.4 Å². The lowest BCUT2D eigenvalue weighted by Crippen LogP contribution is -2.37. The Kier molecular flexibility index (Phi) is 8.83. The maximum absolute atomic E-state index is 12.1. The third-order valence-corrected chi connectivity index (χ3v) is 2.59. The summed E-state index contributed by atoms with van der Waals surface area (Å²) in [4.78, 5) is 11.6. The summed E-state index contributed by atoms with van der Waals surface area (Å²) in [6.07, 6.45) is 0.136. The fraction of sp³-hybridized carbons (Fsp3) is 0.462. The molecule has 0 aliphatic rings. The standard InChI is InChI=1S/C13H18F2N2O2.ClH/c1-9(16-2)8-17-12(18)7-10-4-3-5-11(6-10)19-13(14)15;/h3-6,9,13,16H,7-8H2,1-2H3,(H,17,18);1H. The lowest BCUT2D eigenvalue weighted by atomic mass is 10.1. The Morgan fingerprint density at radius 3 is 2.70 bits per heavy atom. The zero-order valence-corrected chi connectivity index (χ0v) is 12.2. The smallest absolute Gasteiger partial charge is 0.387 e. The number of hydrogen-bond donors (Lipinski definition) is 2. The molecule has 0 heterocycles. The fourth-order valence-electron chi connectivity index (χ4n) is 1.45. The monoisotopic (exact) mass is 308 g/mol. The molecule has 1 amide bonds. The molecule has 0 aromatic heterocycles.